The molecule has 2 aromatic carbocycles. The van der Waals surface area contributed by atoms with Crippen LogP contribution < -0.4 is 15.8 Å². The summed E-state index contributed by atoms with van der Waals surface area (Å²) in [6.07, 6.45) is 0.963. The quantitative estimate of drug-likeness (QED) is 0.629. The van der Waals surface area contributed by atoms with Gasteiger partial charge in [0.15, 0.2) is 5.96 Å². The van der Waals surface area contributed by atoms with Gasteiger partial charge in [-0.15, -0.1) is 0 Å². The van der Waals surface area contributed by atoms with Gasteiger partial charge in [-0.1, -0.05) is 37.3 Å². The van der Waals surface area contributed by atoms with Crippen LogP contribution in [0, 0.1) is 0 Å². The standard InChI is InChI=1S/C17H19F2N3O/c1-2-12-7-9-14(10-8-12)22-17(20)21-11-13-5-3-4-6-15(13)23-16(18)19/h3-10,16H,2,11H2,1H3,(H3,20,21,22). The zero-order chi connectivity index (χ0) is 16.7. The Kier molecular flexibility index (Phi) is 5.91. The van der Waals surface area contributed by atoms with Crippen molar-refractivity contribution in [2.75, 3.05) is 5.32 Å². The number of ether oxygens (including phenoxy) is 1. The monoisotopic (exact) mass is 319 g/mol. The number of nitrogens with two attached hydrogens (primary N) is 1. The van der Waals surface area contributed by atoms with E-state index in [1.807, 2.05) is 24.3 Å². The van der Waals surface area contributed by atoms with Gasteiger partial charge in [-0.25, -0.2) is 4.99 Å². The molecule has 0 unspecified atom stereocenters. The Labute approximate surface area is 134 Å². The van der Waals surface area contributed by atoms with Crippen molar-refractivity contribution in [3.05, 3.63) is 59.7 Å². The maximum absolute atomic E-state index is 12.4. The molecule has 0 radical (unpaired) electrons. The molecule has 0 aliphatic rings. The average Bonchev–Trinajstić information content (AvgIpc) is 2.54. The summed E-state index contributed by atoms with van der Waals surface area (Å²) in [7, 11) is 0. The van der Waals surface area contributed by atoms with Crippen LogP contribution in [0.15, 0.2) is 53.5 Å². The van der Waals surface area contributed by atoms with E-state index < -0.39 is 6.61 Å². The molecule has 2 rings (SSSR count). The van der Waals surface area contributed by atoms with Gasteiger partial charge in [0.25, 0.3) is 0 Å². The number of benzene rings is 2. The lowest BCUT2D eigenvalue weighted by atomic mass is 10.1. The van der Waals surface area contributed by atoms with Gasteiger partial charge in [0, 0.05) is 11.3 Å². The number of nitrogens with one attached hydrogen (secondary N) is 1. The molecular weight excluding hydrogens is 300 g/mol. The Hall–Kier alpha value is -2.63. The number of alkyl halides is 2. The first-order chi connectivity index (χ1) is 11.1. The zero-order valence-electron chi connectivity index (χ0n) is 12.8. The Morgan fingerprint density at radius 3 is 2.52 bits per heavy atom. The summed E-state index contributed by atoms with van der Waals surface area (Å²) in [5, 5.41) is 2.96. The van der Waals surface area contributed by atoms with E-state index in [1.54, 1.807) is 18.2 Å². The van der Waals surface area contributed by atoms with Crippen LogP contribution in [0.4, 0.5) is 14.5 Å². The van der Waals surface area contributed by atoms with Crippen LogP contribution in [0.25, 0.3) is 0 Å². The molecule has 0 aliphatic carbocycles. The number of hydrogen-bond donors (Lipinski definition) is 2. The van der Waals surface area contributed by atoms with E-state index in [0.717, 1.165) is 12.1 Å². The molecule has 3 N–H and O–H groups in total. The van der Waals surface area contributed by atoms with Crippen LogP contribution in [0.3, 0.4) is 0 Å². The second-order valence-corrected chi connectivity index (χ2v) is 4.86. The van der Waals surface area contributed by atoms with Gasteiger partial charge in [-0.2, -0.15) is 8.78 Å². The van der Waals surface area contributed by atoms with E-state index in [-0.39, 0.29) is 18.3 Å². The number of para-hydroxylation sites is 1. The Morgan fingerprint density at radius 1 is 1.17 bits per heavy atom. The van der Waals surface area contributed by atoms with Gasteiger partial charge in [-0.3, -0.25) is 0 Å². The number of halogens is 2. The van der Waals surface area contributed by atoms with E-state index in [4.69, 9.17) is 5.73 Å². The summed E-state index contributed by atoms with van der Waals surface area (Å²) in [6.45, 7) is -0.640. The minimum atomic E-state index is -2.87. The maximum atomic E-state index is 12.4. The average molecular weight is 319 g/mol. The summed E-state index contributed by atoms with van der Waals surface area (Å²) < 4.78 is 29.2. The maximum Gasteiger partial charge on any atom is 0.387 e. The normalized spacial score (nSPS) is 11.6. The molecule has 0 aromatic heterocycles. The lowest BCUT2D eigenvalue weighted by Crippen LogP contribution is -2.22. The smallest absolute Gasteiger partial charge is 0.387 e. The molecule has 4 nitrogen and oxygen atoms in total. The van der Waals surface area contributed by atoms with Crippen LogP contribution in [0.5, 0.6) is 5.75 Å². The van der Waals surface area contributed by atoms with Crippen molar-refractivity contribution in [1.29, 1.82) is 0 Å². The summed E-state index contributed by atoms with van der Waals surface area (Å²) in [5.41, 5.74) is 8.41. The van der Waals surface area contributed by atoms with Crippen molar-refractivity contribution in [3.8, 4) is 5.75 Å². The zero-order valence-corrected chi connectivity index (χ0v) is 12.8. The molecule has 0 fully saturated rings. The van der Waals surface area contributed by atoms with Gasteiger partial charge in [-0.05, 0) is 30.2 Å². The van der Waals surface area contributed by atoms with Crippen molar-refractivity contribution < 1.29 is 13.5 Å². The molecule has 0 saturated heterocycles. The first-order valence-electron chi connectivity index (χ1n) is 7.27. The molecule has 0 heterocycles. The number of nitrogens with zero attached hydrogens (tertiary/aromatic N) is 1. The Balaban J connectivity index is 2.01. The summed E-state index contributed by atoms with van der Waals surface area (Å²) >= 11 is 0. The van der Waals surface area contributed by atoms with Gasteiger partial charge in [0.1, 0.15) is 5.75 Å². The molecule has 0 aliphatic heterocycles. The first-order valence-corrected chi connectivity index (χ1v) is 7.27. The summed E-state index contributed by atoms with van der Waals surface area (Å²) in [5.74, 6) is 0.312. The number of hydrogen-bond acceptors (Lipinski definition) is 2. The van der Waals surface area contributed by atoms with Gasteiger partial charge < -0.3 is 15.8 Å². The Morgan fingerprint density at radius 2 is 1.87 bits per heavy atom. The van der Waals surface area contributed by atoms with Crippen molar-refractivity contribution >= 4 is 11.6 Å². The van der Waals surface area contributed by atoms with E-state index in [1.165, 1.54) is 11.6 Å². The fraction of sp³-hybridized carbons (Fsp3) is 0.235. The molecule has 0 bridgehead atoms. The second-order valence-electron chi connectivity index (χ2n) is 4.86. The molecule has 6 heteroatoms. The second kappa shape index (κ2) is 8.12. The summed E-state index contributed by atoms with van der Waals surface area (Å²) in [4.78, 5) is 4.16. The topological polar surface area (TPSA) is 59.6 Å². The molecule has 2 aromatic rings. The van der Waals surface area contributed by atoms with Gasteiger partial charge in [0.05, 0.1) is 6.54 Å². The highest BCUT2D eigenvalue weighted by Crippen LogP contribution is 2.21. The molecule has 0 amide bonds. The van der Waals surface area contributed by atoms with Crippen molar-refractivity contribution in [2.24, 2.45) is 10.7 Å². The minimum Gasteiger partial charge on any atom is -0.434 e. The van der Waals surface area contributed by atoms with Crippen molar-refractivity contribution in [1.82, 2.24) is 0 Å². The van der Waals surface area contributed by atoms with E-state index in [9.17, 15) is 8.78 Å². The lowest BCUT2D eigenvalue weighted by Gasteiger charge is -2.10. The van der Waals surface area contributed by atoms with E-state index in [0.29, 0.717) is 5.56 Å². The SMILES string of the molecule is CCc1ccc(NC(N)=NCc2ccccc2OC(F)F)cc1. The highest BCUT2D eigenvalue weighted by molar-refractivity contribution is 5.92. The van der Waals surface area contributed by atoms with Crippen LogP contribution in [-0.4, -0.2) is 12.6 Å². The van der Waals surface area contributed by atoms with Crippen LogP contribution in [-0.2, 0) is 13.0 Å². The van der Waals surface area contributed by atoms with Gasteiger partial charge >= 0.3 is 6.61 Å². The highest BCUT2D eigenvalue weighted by atomic mass is 19.3. The number of anilines is 1. The number of aliphatic imine (C=N–C) groups is 1. The van der Waals surface area contributed by atoms with E-state index >= 15 is 0 Å². The first kappa shape index (κ1) is 16.7. The van der Waals surface area contributed by atoms with Gasteiger partial charge in [0.2, 0.25) is 0 Å². The largest absolute Gasteiger partial charge is 0.434 e. The molecule has 0 spiro atoms. The Bertz CT molecular complexity index is 657. The predicted molar refractivity (Wildman–Crippen MR) is 87.8 cm³/mol. The number of rotatable bonds is 6. The van der Waals surface area contributed by atoms with Crippen molar-refractivity contribution in [2.45, 2.75) is 26.5 Å². The molecule has 0 atom stereocenters. The predicted octanol–water partition coefficient (Wildman–Crippen LogP) is 3.78. The fourth-order valence-electron chi connectivity index (χ4n) is 2.03. The third kappa shape index (κ3) is 5.25. The molecule has 122 valence electrons. The highest BCUT2D eigenvalue weighted by Gasteiger charge is 2.08. The van der Waals surface area contributed by atoms with Crippen LogP contribution in [0.2, 0.25) is 0 Å². The lowest BCUT2D eigenvalue weighted by molar-refractivity contribution is -0.0504. The fourth-order valence-corrected chi connectivity index (χ4v) is 2.03. The molecule has 0 saturated carbocycles. The third-order valence-electron chi connectivity index (χ3n) is 3.24. The number of guanidine groups is 1. The van der Waals surface area contributed by atoms with Crippen molar-refractivity contribution in [3.63, 3.8) is 0 Å². The van der Waals surface area contributed by atoms with E-state index in [2.05, 4.69) is 22.0 Å². The summed E-state index contributed by atoms with van der Waals surface area (Å²) in [6, 6.07) is 14.3. The third-order valence-corrected chi connectivity index (χ3v) is 3.24. The molecule has 23 heavy (non-hydrogen) atoms. The minimum absolute atomic E-state index is 0.103. The van der Waals surface area contributed by atoms with Crippen LogP contribution in [0.1, 0.15) is 18.1 Å². The van der Waals surface area contributed by atoms with Crippen LogP contribution >= 0.6 is 0 Å². The number of aryl methyl sites for hydroxylation is 1. The molecular formula is C17H19F2N3O.